The van der Waals surface area contributed by atoms with Gasteiger partial charge >= 0.3 is 0 Å². The predicted octanol–water partition coefficient (Wildman–Crippen LogP) is 2.26. The fourth-order valence-electron chi connectivity index (χ4n) is 3.38. The van der Waals surface area contributed by atoms with Crippen LogP contribution in [0.2, 0.25) is 0 Å². The van der Waals surface area contributed by atoms with Crippen molar-refractivity contribution >= 4 is 17.7 Å². The van der Waals surface area contributed by atoms with E-state index in [0.29, 0.717) is 16.4 Å². The molecule has 0 aromatic heterocycles. The first kappa shape index (κ1) is 14.2. The van der Waals surface area contributed by atoms with E-state index in [4.69, 9.17) is 0 Å². The summed E-state index contributed by atoms with van der Waals surface area (Å²) in [6, 6.07) is 0. The smallest absolute Gasteiger partial charge is 0.242 e. The number of amides is 1. The van der Waals surface area contributed by atoms with Crippen LogP contribution in [0.15, 0.2) is 0 Å². The van der Waals surface area contributed by atoms with Gasteiger partial charge in [0.25, 0.3) is 0 Å². The average Bonchev–Trinajstić information content (AvgIpc) is 2.77. The first-order valence-electron chi connectivity index (χ1n) is 7.27. The van der Waals surface area contributed by atoms with Crippen molar-refractivity contribution in [2.24, 2.45) is 0 Å². The van der Waals surface area contributed by atoms with Crippen molar-refractivity contribution < 1.29 is 4.79 Å². The van der Waals surface area contributed by atoms with Gasteiger partial charge in [-0.25, -0.2) is 0 Å². The number of nitrogens with zero attached hydrogens (tertiary/aromatic N) is 1. The summed E-state index contributed by atoms with van der Waals surface area (Å²) in [4.78, 5) is 15.0. The van der Waals surface area contributed by atoms with E-state index in [9.17, 15) is 4.79 Å². The molecule has 2 saturated heterocycles. The first-order valence-corrected chi connectivity index (χ1v) is 8.21. The molecule has 0 saturated carbocycles. The Labute approximate surface area is 115 Å². The molecule has 0 spiro atoms. The summed E-state index contributed by atoms with van der Waals surface area (Å²) in [5.41, 5.74) is -0.240. The van der Waals surface area contributed by atoms with Crippen LogP contribution in [0.25, 0.3) is 0 Å². The Kier molecular flexibility index (Phi) is 4.59. The molecule has 2 fully saturated rings. The monoisotopic (exact) mass is 270 g/mol. The summed E-state index contributed by atoms with van der Waals surface area (Å²) in [6.45, 7) is 9.47. The third-order valence-electron chi connectivity index (χ3n) is 4.04. The SMILES string of the molecule is CCCC1(C(=O)N2CC(C)SC(C)C2)CCCN1. The van der Waals surface area contributed by atoms with Gasteiger partial charge in [0, 0.05) is 23.6 Å². The Morgan fingerprint density at radius 2 is 2.06 bits per heavy atom. The van der Waals surface area contributed by atoms with Crippen LogP contribution in [-0.4, -0.2) is 46.5 Å². The summed E-state index contributed by atoms with van der Waals surface area (Å²) in [5, 5.41) is 4.63. The Hall–Kier alpha value is -0.220. The van der Waals surface area contributed by atoms with E-state index >= 15 is 0 Å². The second-order valence-electron chi connectivity index (χ2n) is 5.83. The van der Waals surface area contributed by atoms with E-state index in [1.54, 1.807) is 0 Å². The number of thioether (sulfide) groups is 1. The van der Waals surface area contributed by atoms with Gasteiger partial charge in [0.1, 0.15) is 0 Å². The summed E-state index contributed by atoms with van der Waals surface area (Å²) < 4.78 is 0. The van der Waals surface area contributed by atoms with Gasteiger partial charge < -0.3 is 10.2 Å². The molecule has 0 aromatic rings. The molecule has 2 aliphatic heterocycles. The highest BCUT2D eigenvalue weighted by Crippen LogP contribution is 2.31. The molecular weight excluding hydrogens is 244 g/mol. The van der Waals surface area contributed by atoms with Crippen LogP contribution in [-0.2, 0) is 4.79 Å². The Morgan fingerprint density at radius 1 is 1.39 bits per heavy atom. The molecule has 3 unspecified atom stereocenters. The van der Waals surface area contributed by atoms with Gasteiger partial charge in [-0.3, -0.25) is 4.79 Å². The van der Waals surface area contributed by atoms with Crippen molar-refractivity contribution in [3.05, 3.63) is 0 Å². The minimum atomic E-state index is -0.240. The van der Waals surface area contributed by atoms with Gasteiger partial charge in [0.2, 0.25) is 5.91 Å². The van der Waals surface area contributed by atoms with E-state index < -0.39 is 0 Å². The van der Waals surface area contributed by atoms with Crippen LogP contribution in [0, 0.1) is 0 Å². The maximum atomic E-state index is 12.9. The summed E-state index contributed by atoms with van der Waals surface area (Å²) >= 11 is 2.00. The lowest BCUT2D eigenvalue weighted by Gasteiger charge is -2.40. The van der Waals surface area contributed by atoms with E-state index in [0.717, 1.165) is 45.3 Å². The number of rotatable bonds is 3. The molecule has 2 heterocycles. The van der Waals surface area contributed by atoms with Crippen LogP contribution in [0.5, 0.6) is 0 Å². The quantitative estimate of drug-likeness (QED) is 0.854. The molecule has 2 rings (SSSR count). The van der Waals surface area contributed by atoms with Crippen molar-refractivity contribution in [2.75, 3.05) is 19.6 Å². The van der Waals surface area contributed by atoms with E-state index in [1.165, 1.54) is 0 Å². The number of hydrogen-bond acceptors (Lipinski definition) is 3. The normalized spacial score (nSPS) is 36.9. The zero-order chi connectivity index (χ0) is 13.2. The highest BCUT2D eigenvalue weighted by atomic mass is 32.2. The molecule has 18 heavy (non-hydrogen) atoms. The third kappa shape index (κ3) is 2.85. The molecule has 0 bridgehead atoms. The standard InChI is InChI=1S/C14H26N2OS/c1-4-6-14(7-5-8-15-14)13(17)16-9-11(2)18-12(3)10-16/h11-12,15H,4-10H2,1-3H3. The summed E-state index contributed by atoms with van der Waals surface area (Å²) in [6.07, 6.45) is 4.22. The maximum Gasteiger partial charge on any atom is 0.242 e. The van der Waals surface area contributed by atoms with Crippen LogP contribution in [0.1, 0.15) is 46.5 Å². The predicted molar refractivity (Wildman–Crippen MR) is 78.0 cm³/mol. The molecule has 1 N–H and O–H groups in total. The van der Waals surface area contributed by atoms with E-state index in [1.807, 2.05) is 11.8 Å². The van der Waals surface area contributed by atoms with Gasteiger partial charge in [-0.05, 0) is 25.8 Å². The van der Waals surface area contributed by atoms with Crippen molar-refractivity contribution in [3.63, 3.8) is 0 Å². The van der Waals surface area contributed by atoms with Gasteiger partial charge in [0.15, 0.2) is 0 Å². The van der Waals surface area contributed by atoms with Crippen molar-refractivity contribution in [1.29, 1.82) is 0 Å². The summed E-state index contributed by atoms with van der Waals surface area (Å²) in [5.74, 6) is 0.362. The number of carbonyl (C=O) groups excluding carboxylic acids is 1. The van der Waals surface area contributed by atoms with Crippen LogP contribution >= 0.6 is 11.8 Å². The molecule has 1 amide bonds. The van der Waals surface area contributed by atoms with Crippen molar-refractivity contribution in [1.82, 2.24) is 10.2 Å². The molecule has 3 atom stereocenters. The highest BCUT2D eigenvalue weighted by molar-refractivity contribution is 8.00. The molecular formula is C14H26N2OS. The molecule has 0 aromatic carbocycles. The van der Waals surface area contributed by atoms with Crippen LogP contribution in [0.4, 0.5) is 0 Å². The second-order valence-corrected chi connectivity index (χ2v) is 7.71. The Balaban J connectivity index is 2.08. The minimum Gasteiger partial charge on any atom is -0.339 e. The highest BCUT2D eigenvalue weighted by Gasteiger charge is 2.43. The molecule has 104 valence electrons. The zero-order valence-corrected chi connectivity index (χ0v) is 12.7. The largest absolute Gasteiger partial charge is 0.339 e. The first-order chi connectivity index (χ1) is 8.57. The second kappa shape index (κ2) is 5.83. The van der Waals surface area contributed by atoms with E-state index in [-0.39, 0.29) is 5.54 Å². The number of carbonyl (C=O) groups is 1. The minimum absolute atomic E-state index is 0.240. The van der Waals surface area contributed by atoms with Crippen LogP contribution < -0.4 is 5.32 Å². The van der Waals surface area contributed by atoms with Gasteiger partial charge in [-0.1, -0.05) is 27.2 Å². The van der Waals surface area contributed by atoms with Crippen LogP contribution in [0.3, 0.4) is 0 Å². The maximum absolute atomic E-state index is 12.9. The average molecular weight is 270 g/mol. The molecule has 4 heteroatoms. The molecule has 3 nitrogen and oxygen atoms in total. The van der Waals surface area contributed by atoms with E-state index in [2.05, 4.69) is 31.0 Å². The molecule has 0 aliphatic carbocycles. The molecule has 2 aliphatic rings. The van der Waals surface area contributed by atoms with Gasteiger partial charge in [-0.2, -0.15) is 11.8 Å². The third-order valence-corrected chi connectivity index (χ3v) is 5.26. The van der Waals surface area contributed by atoms with Crippen molar-refractivity contribution in [3.8, 4) is 0 Å². The lowest BCUT2D eigenvalue weighted by Crippen LogP contribution is -2.58. The fourth-order valence-corrected chi connectivity index (χ4v) is 4.71. The number of hydrogen-bond donors (Lipinski definition) is 1. The Bertz CT molecular complexity index is 292. The lowest BCUT2D eigenvalue weighted by molar-refractivity contribution is -0.138. The van der Waals surface area contributed by atoms with Crippen molar-refractivity contribution in [2.45, 2.75) is 62.5 Å². The topological polar surface area (TPSA) is 32.3 Å². The van der Waals surface area contributed by atoms with Gasteiger partial charge in [0.05, 0.1) is 5.54 Å². The van der Waals surface area contributed by atoms with Gasteiger partial charge in [-0.15, -0.1) is 0 Å². The molecule has 0 radical (unpaired) electrons. The Morgan fingerprint density at radius 3 is 2.56 bits per heavy atom. The summed E-state index contributed by atoms with van der Waals surface area (Å²) in [7, 11) is 0. The fraction of sp³-hybridized carbons (Fsp3) is 0.929. The lowest BCUT2D eigenvalue weighted by atomic mass is 9.90. The number of nitrogens with one attached hydrogen (secondary N) is 1. The zero-order valence-electron chi connectivity index (χ0n) is 11.9.